The van der Waals surface area contributed by atoms with E-state index >= 15 is 0 Å². The highest BCUT2D eigenvalue weighted by Crippen LogP contribution is 2.37. The van der Waals surface area contributed by atoms with Crippen molar-refractivity contribution in [1.82, 2.24) is 24.4 Å². The molecule has 3 aromatic heterocycles. The van der Waals surface area contributed by atoms with Crippen LogP contribution in [0.3, 0.4) is 0 Å². The Kier molecular flexibility index (Phi) is 7.27. The van der Waals surface area contributed by atoms with Crippen molar-refractivity contribution in [2.75, 3.05) is 18.5 Å². The van der Waals surface area contributed by atoms with E-state index in [1.165, 1.54) is 12.1 Å². The van der Waals surface area contributed by atoms with Gasteiger partial charge in [-0.15, -0.1) is 0 Å². The van der Waals surface area contributed by atoms with Crippen molar-refractivity contribution in [3.8, 4) is 6.07 Å². The predicted octanol–water partition coefficient (Wildman–Crippen LogP) is 5.47. The summed E-state index contributed by atoms with van der Waals surface area (Å²) in [5, 5.41) is 12.1. The Hall–Kier alpha value is -3.79. The number of aromatic nitrogens is 4. The van der Waals surface area contributed by atoms with Crippen molar-refractivity contribution in [2.24, 2.45) is 0 Å². The molecular formula is C28H24ClF4N7O. The second kappa shape index (κ2) is 10.9. The lowest BCUT2D eigenvalue weighted by Gasteiger charge is -2.30. The highest BCUT2D eigenvalue weighted by molar-refractivity contribution is 6.30. The zero-order valence-corrected chi connectivity index (χ0v) is 22.4. The quantitative estimate of drug-likeness (QED) is 0.288. The third kappa shape index (κ3) is 5.70. The van der Waals surface area contributed by atoms with E-state index in [0.29, 0.717) is 56.0 Å². The van der Waals surface area contributed by atoms with E-state index in [0.717, 1.165) is 29.9 Å². The summed E-state index contributed by atoms with van der Waals surface area (Å²) in [6.45, 7) is 2.35. The molecule has 1 fully saturated rings. The molecule has 6 rings (SSSR count). The van der Waals surface area contributed by atoms with Gasteiger partial charge in [-0.25, -0.2) is 19.3 Å². The first-order chi connectivity index (χ1) is 19.7. The fourth-order valence-corrected chi connectivity index (χ4v) is 5.30. The number of anilines is 1. The van der Waals surface area contributed by atoms with Gasteiger partial charge in [0.25, 0.3) is 0 Å². The van der Waals surface area contributed by atoms with Crippen molar-refractivity contribution < 1.29 is 22.3 Å². The summed E-state index contributed by atoms with van der Waals surface area (Å²) in [6, 6.07) is 8.83. The van der Waals surface area contributed by atoms with Crippen molar-refractivity contribution in [3.63, 3.8) is 0 Å². The van der Waals surface area contributed by atoms with Crippen LogP contribution in [0, 0.1) is 17.1 Å². The maximum Gasteiger partial charge on any atom is 0.419 e. The maximum absolute atomic E-state index is 14.3. The van der Waals surface area contributed by atoms with E-state index in [-0.39, 0.29) is 34.7 Å². The Morgan fingerprint density at radius 3 is 2.73 bits per heavy atom. The van der Waals surface area contributed by atoms with E-state index in [4.69, 9.17) is 21.3 Å². The van der Waals surface area contributed by atoms with Crippen LogP contribution in [0.25, 0.3) is 11.0 Å². The minimum absolute atomic E-state index is 0.0606. The normalized spacial score (nSPS) is 17.2. The summed E-state index contributed by atoms with van der Waals surface area (Å²) in [4.78, 5) is 15.4. The van der Waals surface area contributed by atoms with Gasteiger partial charge in [-0.05, 0) is 36.6 Å². The number of imidazole rings is 1. The van der Waals surface area contributed by atoms with E-state index < -0.39 is 17.6 Å². The van der Waals surface area contributed by atoms with Crippen LogP contribution in [0.1, 0.15) is 40.3 Å². The molecule has 8 nitrogen and oxygen atoms in total. The number of pyridine rings is 2. The fraction of sp³-hybridized carbons (Fsp3) is 0.357. The highest BCUT2D eigenvalue weighted by Gasteiger charge is 2.36. The molecule has 2 aliphatic rings. The monoisotopic (exact) mass is 585 g/mol. The van der Waals surface area contributed by atoms with E-state index in [1.54, 1.807) is 12.3 Å². The number of halogens is 5. The Bertz CT molecular complexity index is 1660. The first-order valence-corrected chi connectivity index (χ1v) is 13.4. The summed E-state index contributed by atoms with van der Waals surface area (Å²) in [5.74, 6) is -0.216. The summed E-state index contributed by atoms with van der Waals surface area (Å²) >= 11 is 5.80. The van der Waals surface area contributed by atoms with Gasteiger partial charge in [0.05, 0.1) is 47.7 Å². The summed E-state index contributed by atoms with van der Waals surface area (Å²) in [7, 11) is 0. The first kappa shape index (κ1) is 27.4. The number of nitrogens with one attached hydrogen (secondary N) is 1. The minimum Gasteiger partial charge on any atom is -0.376 e. The largest absolute Gasteiger partial charge is 0.419 e. The Balaban J connectivity index is 1.27. The number of fused-ring (bicyclic) bond motifs is 2. The van der Waals surface area contributed by atoms with Crippen molar-refractivity contribution in [3.05, 3.63) is 81.3 Å². The molecule has 0 spiro atoms. The molecule has 1 atom stereocenters. The molecule has 1 N–H and O–H groups in total. The molecule has 0 radical (unpaired) electrons. The zero-order chi connectivity index (χ0) is 28.7. The highest BCUT2D eigenvalue weighted by atomic mass is 35.5. The lowest BCUT2D eigenvalue weighted by Crippen LogP contribution is -2.34. The molecule has 5 heterocycles. The van der Waals surface area contributed by atoms with Gasteiger partial charge in [-0.2, -0.15) is 18.4 Å². The first-order valence-electron chi connectivity index (χ1n) is 13.0. The van der Waals surface area contributed by atoms with Crippen LogP contribution in [-0.4, -0.2) is 43.7 Å². The second-order valence-corrected chi connectivity index (χ2v) is 10.6. The summed E-state index contributed by atoms with van der Waals surface area (Å²) in [5.41, 5.74) is 2.04. The maximum atomic E-state index is 14.3. The standard InChI is InChI=1S/C28H24ClF4N7O/c29-18-2-1-17(22(30)8-18)11-36-27-21(28(31,32)33)7-16-3-5-39(14-24(16)38-27)15-26-37-23-9-19(10-34)35-12-25(23)40(26)13-20-4-6-41-20/h1-2,7-9,12,20H,3-6,11,13-15H2,(H,36,38)/t20-/m0/s1. The number of ether oxygens (including phenoxy) is 1. The number of benzene rings is 1. The average Bonchev–Trinajstić information content (AvgIpc) is 3.24. The molecule has 0 saturated carbocycles. The molecule has 2 aliphatic heterocycles. The van der Waals surface area contributed by atoms with Crippen LogP contribution in [-0.2, 0) is 43.5 Å². The second-order valence-electron chi connectivity index (χ2n) is 10.1. The average molecular weight is 586 g/mol. The van der Waals surface area contributed by atoms with Gasteiger partial charge in [-0.1, -0.05) is 17.7 Å². The third-order valence-electron chi connectivity index (χ3n) is 7.40. The molecule has 0 unspecified atom stereocenters. The van der Waals surface area contributed by atoms with Crippen LogP contribution in [0.2, 0.25) is 5.02 Å². The number of nitrogens with zero attached hydrogens (tertiary/aromatic N) is 6. The molecule has 212 valence electrons. The predicted molar refractivity (Wildman–Crippen MR) is 142 cm³/mol. The minimum atomic E-state index is -4.63. The number of hydrogen-bond donors (Lipinski definition) is 1. The van der Waals surface area contributed by atoms with E-state index in [9.17, 15) is 22.8 Å². The van der Waals surface area contributed by atoms with Gasteiger partial charge in [0.15, 0.2) is 0 Å². The van der Waals surface area contributed by atoms with Gasteiger partial charge in [0.1, 0.15) is 29.2 Å². The lowest BCUT2D eigenvalue weighted by atomic mass is 10.0. The molecule has 41 heavy (non-hydrogen) atoms. The zero-order valence-electron chi connectivity index (χ0n) is 21.7. The van der Waals surface area contributed by atoms with Gasteiger partial charge in [0.2, 0.25) is 0 Å². The van der Waals surface area contributed by atoms with Crippen LogP contribution >= 0.6 is 11.6 Å². The van der Waals surface area contributed by atoms with Gasteiger partial charge in [0, 0.05) is 42.9 Å². The molecular weight excluding hydrogens is 562 g/mol. The Morgan fingerprint density at radius 2 is 2.02 bits per heavy atom. The number of nitriles is 1. The molecule has 0 aliphatic carbocycles. The Morgan fingerprint density at radius 1 is 1.20 bits per heavy atom. The van der Waals surface area contributed by atoms with Crippen LogP contribution in [0.15, 0.2) is 36.5 Å². The molecule has 1 aromatic carbocycles. The molecule has 0 bridgehead atoms. The third-order valence-corrected chi connectivity index (χ3v) is 7.64. The molecule has 4 aromatic rings. The lowest BCUT2D eigenvalue weighted by molar-refractivity contribution is -0.137. The van der Waals surface area contributed by atoms with Crippen LogP contribution < -0.4 is 5.32 Å². The number of alkyl halides is 3. The Labute approximate surface area is 237 Å². The van der Waals surface area contributed by atoms with Gasteiger partial charge in [-0.3, -0.25) is 4.90 Å². The SMILES string of the molecule is N#Cc1cc2nc(CN3CCc4cc(C(F)(F)F)c(NCc5ccc(Cl)cc5F)nc4C3)n(C[C@@H]3CCO3)c2cn1. The smallest absolute Gasteiger partial charge is 0.376 e. The summed E-state index contributed by atoms with van der Waals surface area (Å²) in [6.07, 6.45) is -1.63. The van der Waals surface area contributed by atoms with Crippen molar-refractivity contribution >= 4 is 28.5 Å². The number of rotatable bonds is 7. The van der Waals surface area contributed by atoms with E-state index in [1.807, 2.05) is 10.6 Å². The fourth-order valence-electron chi connectivity index (χ4n) is 5.14. The van der Waals surface area contributed by atoms with Crippen LogP contribution in [0.5, 0.6) is 0 Å². The summed E-state index contributed by atoms with van der Waals surface area (Å²) < 4.78 is 63.8. The topological polar surface area (TPSA) is 91.9 Å². The van der Waals surface area contributed by atoms with Crippen LogP contribution in [0.4, 0.5) is 23.4 Å². The number of hydrogen-bond acceptors (Lipinski definition) is 7. The van der Waals surface area contributed by atoms with Gasteiger partial charge >= 0.3 is 6.18 Å². The van der Waals surface area contributed by atoms with Crippen molar-refractivity contribution in [2.45, 2.75) is 51.3 Å². The molecule has 13 heteroatoms. The van der Waals surface area contributed by atoms with Crippen molar-refractivity contribution in [1.29, 1.82) is 5.26 Å². The molecule has 0 amide bonds. The van der Waals surface area contributed by atoms with E-state index in [2.05, 4.69) is 20.2 Å². The van der Waals surface area contributed by atoms with Gasteiger partial charge < -0.3 is 14.6 Å². The molecule has 1 saturated heterocycles.